The third-order valence-corrected chi connectivity index (χ3v) is 4.35. The Morgan fingerprint density at radius 2 is 2.00 bits per heavy atom. The minimum absolute atomic E-state index is 0.181. The summed E-state index contributed by atoms with van der Waals surface area (Å²) in [4.78, 5) is 12.3. The molecule has 0 unspecified atom stereocenters. The van der Waals surface area contributed by atoms with Gasteiger partial charge in [0, 0.05) is 12.3 Å². The summed E-state index contributed by atoms with van der Waals surface area (Å²) in [6, 6.07) is 14.3. The molecule has 1 fully saturated rings. The highest BCUT2D eigenvalue weighted by atomic mass is 32.1. The van der Waals surface area contributed by atoms with E-state index in [0.717, 1.165) is 30.9 Å². The van der Waals surface area contributed by atoms with Gasteiger partial charge in [0.15, 0.2) is 5.11 Å². The number of carbonyl (C=O) groups excluding carboxylic acids is 1. The van der Waals surface area contributed by atoms with Gasteiger partial charge in [-0.05, 0) is 61.5 Å². The molecule has 0 aliphatic carbocycles. The molecule has 3 rings (SSSR count). The molecule has 0 spiro atoms. The highest BCUT2D eigenvalue weighted by Gasteiger charge is 2.16. The number of ether oxygens (including phenoxy) is 3. The summed E-state index contributed by atoms with van der Waals surface area (Å²) >= 11 is 5.22. The largest absolute Gasteiger partial charge is 0.496 e. The Kier molecular flexibility index (Phi) is 6.62. The van der Waals surface area contributed by atoms with Crippen molar-refractivity contribution >= 4 is 28.9 Å². The molecule has 0 bridgehead atoms. The normalized spacial score (nSPS) is 15.8. The van der Waals surface area contributed by atoms with E-state index in [4.69, 9.17) is 26.4 Å². The van der Waals surface area contributed by atoms with E-state index in [2.05, 4.69) is 10.6 Å². The summed E-state index contributed by atoms with van der Waals surface area (Å²) in [6.07, 6.45) is 2.31. The monoisotopic (exact) mass is 386 g/mol. The van der Waals surface area contributed by atoms with E-state index >= 15 is 0 Å². The Labute approximate surface area is 163 Å². The lowest BCUT2D eigenvalue weighted by Gasteiger charge is -2.13. The maximum Gasteiger partial charge on any atom is 0.261 e. The zero-order valence-electron chi connectivity index (χ0n) is 15.1. The lowest BCUT2D eigenvalue weighted by Crippen LogP contribution is -2.34. The number of methoxy groups -OCH3 is 1. The molecule has 27 heavy (non-hydrogen) atoms. The predicted molar refractivity (Wildman–Crippen MR) is 108 cm³/mol. The number of thiocarbonyl (C=S) groups is 1. The van der Waals surface area contributed by atoms with E-state index in [0.29, 0.717) is 17.9 Å². The van der Waals surface area contributed by atoms with Crippen molar-refractivity contribution in [3.63, 3.8) is 0 Å². The number of hydrogen-bond donors (Lipinski definition) is 2. The molecular formula is C20H22N2O4S. The summed E-state index contributed by atoms with van der Waals surface area (Å²) in [5.41, 5.74) is 1.17. The van der Waals surface area contributed by atoms with Crippen LogP contribution in [0.15, 0.2) is 48.5 Å². The fourth-order valence-electron chi connectivity index (χ4n) is 2.76. The molecular weight excluding hydrogens is 364 g/mol. The molecule has 2 aromatic carbocycles. The van der Waals surface area contributed by atoms with Crippen LogP contribution < -0.4 is 20.1 Å². The Morgan fingerprint density at radius 1 is 1.22 bits per heavy atom. The molecule has 2 N–H and O–H groups in total. The first-order valence-corrected chi connectivity index (χ1v) is 9.16. The predicted octanol–water partition coefficient (Wildman–Crippen LogP) is 3.38. The average Bonchev–Trinajstić information content (AvgIpc) is 3.21. The van der Waals surface area contributed by atoms with Crippen LogP contribution in [0.25, 0.3) is 0 Å². The zero-order chi connectivity index (χ0) is 19.1. The summed E-state index contributed by atoms with van der Waals surface area (Å²) in [5.74, 6) is 0.923. The standard InChI is InChI=1S/C20H22N2O4S/c1-24-18-7-3-2-6-17(18)19(23)22-20(27)21-14-8-10-15(11-9-14)26-13-16-5-4-12-25-16/h2-3,6-11,16H,4-5,12-13H2,1H3,(H2,21,22,23,27)/t16-/m0/s1. The number of nitrogens with one attached hydrogen (secondary N) is 2. The van der Waals surface area contributed by atoms with Crippen LogP contribution in [-0.2, 0) is 4.74 Å². The average molecular weight is 386 g/mol. The van der Waals surface area contributed by atoms with Gasteiger partial charge in [0.25, 0.3) is 5.91 Å². The topological polar surface area (TPSA) is 68.8 Å². The molecule has 1 amide bonds. The number of benzene rings is 2. The van der Waals surface area contributed by atoms with Crippen molar-refractivity contribution in [2.45, 2.75) is 18.9 Å². The van der Waals surface area contributed by atoms with Crippen LogP contribution in [0.4, 0.5) is 5.69 Å². The first-order valence-electron chi connectivity index (χ1n) is 8.75. The fraction of sp³-hybridized carbons (Fsp3) is 0.300. The van der Waals surface area contributed by atoms with Crippen molar-refractivity contribution in [1.82, 2.24) is 5.32 Å². The first-order chi connectivity index (χ1) is 13.2. The molecule has 1 atom stereocenters. The second-order valence-electron chi connectivity index (χ2n) is 6.08. The van der Waals surface area contributed by atoms with Crippen LogP contribution in [0.3, 0.4) is 0 Å². The molecule has 6 nitrogen and oxygen atoms in total. The van der Waals surface area contributed by atoms with Crippen molar-refractivity contribution in [3.8, 4) is 11.5 Å². The Hall–Kier alpha value is -2.64. The highest BCUT2D eigenvalue weighted by Crippen LogP contribution is 2.19. The van der Waals surface area contributed by atoms with Gasteiger partial charge in [-0.3, -0.25) is 10.1 Å². The van der Waals surface area contributed by atoms with Crippen molar-refractivity contribution in [2.75, 3.05) is 25.6 Å². The van der Waals surface area contributed by atoms with E-state index < -0.39 is 0 Å². The smallest absolute Gasteiger partial charge is 0.261 e. The van der Waals surface area contributed by atoms with E-state index in [9.17, 15) is 4.79 Å². The Balaban J connectivity index is 1.50. The van der Waals surface area contributed by atoms with Gasteiger partial charge in [-0.2, -0.15) is 0 Å². The molecule has 0 saturated carbocycles. The number of anilines is 1. The van der Waals surface area contributed by atoms with Crippen LogP contribution in [0.1, 0.15) is 23.2 Å². The number of hydrogen-bond acceptors (Lipinski definition) is 5. The maximum absolute atomic E-state index is 12.3. The van der Waals surface area contributed by atoms with Gasteiger partial charge in [-0.25, -0.2) is 0 Å². The van der Waals surface area contributed by atoms with Gasteiger partial charge in [-0.15, -0.1) is 0 Å². The summed E-state index contributed by atoms with van der Waals surface area (Å²) < 4.78 is 16.5. The van der Waals surface area contributed by atoms with Crippen molar-refractivity contribution in [3.05, 3.63) is 54.1 Å². The van der Waals surface area contributed by atoms with Gasteiger partial charge >= 0.3 is 0 Å². The summed E-state index contributed by atoms with van der Waals surface area (Å²) in [6.45, 7) is 1.37. The molecule has 7 heteroatoms. The van der Waals surface area contributed by atoms with Crippen molar-refractivity contribution < 1.29 is 19.0 Å². The Morgan fingerprint density at radius 3 is 2.70 bits per heavy atom. The van der Waals surface area contributed by atoms with Crippen LogP contribution in [-0.4, -0.2) is 37.4 Å². The molecule has 1 aliphatic heterocycles. The molecule has 2 aromatic rings. The fourth-order valence-corrected chi connectivity index (χ4v) is 2.98. The molecule has 142 valence electrons. The first kappa shape index (κ1) is 19.1. The van der Waals surface area contributed by atoms with Crippen molar-refractivity contribution in [2.24, 2.45) is 0 Å². The molecule has 0 aromatic heterocycles. The molecule has 1 saturated heterocycles. The second kappa shape index (κ2) is 9.34. The minimum atomic E-state index is -0.332. The van der Waals surface area contributed by atoms with E-state index in [-0.39, 0.29) is 17.1 Å². The summed E-state index contributed by atoms with van der Waals surface area (Å²) in [5, 5.41) is 5.84. The second-order valence-corrected chi connectivity index (χ2v) is 6.49. The molecule has 1 heterocycles. The SMILES string of the molecule is COc1ccccc1C(=O)NC(=S)Nc1ccc(OC[C@@H]2CCCO2)cc1. The van der Waals surface area contributed by atoms with Crippen LogP contribution in [0, 0.1) is 0 Å². The quantitative estimate of drug-likeness (QED) is 0.742. The molecule has 1 aliphatic rings. The van der Waals surface area contributed by atoms with Crippen molar-refractivity contribution in [1.29, 1.82) is 0 Å². The molecule has 0 radical (unpaired) electrons. The third-order valence-electron chi connectivity index (χ3n) is 4.15. The van der Waals surface area contributed by atoms with E-state index in [1.807, 2.05) is 24.3 Å². The van der Waals surface area contributed by atoms with E-state index in [1.54, 1.807) is 24.3 Å². The lowest BCUT2D eigenvalue weighted by molar-refractivity contribution is 0.0679. The lowest BCUT2D eigenvalue weighted by atomic mass is 10.2. The van der Waals surface area contributed by atoms with Gasteiger partial charge in [-0.1, -0.05) is 12.1 Å². The number of carbonyl (C=O) groups is 1. The maximum atomic E-state index is 12.3. The zero-order valence-corrected chi connectivity index (χ0v) is 15.9. The highest BCUT2D eigenvalue weighted by molar-refractivity contribution is 7.80. The van der Waals surface area contributed by atoms with Crippen LogP contribution in [0.2, 0.25) is 0 Å². The van der Waals surface area contributed by atoms with Crippen LogP contribution >= 0.6 is 12.2 Å². The van der Waals surface area contributed by atoms with Gasteiger partial charge < -0.3 is 19.5 Å². The minimum Gasteiger partial charge on any atom is -0.496 e. The van der Waals surface area contributed by atoms with E-state index in [1.165, 1.54) is 7.11 Å². The third kappa shape index (κ3) is 5.42. The van der Waals surface area contributed by atoms with Gasteiger partial charge in [0.05, 0.1) is 18.8 Å². The number of amides is 1. The van der Waals surface area contributed by atoms with Gasteiger partial charge in [0.2, 0.25) is 0 Å². The summed E-state index contributed by atoms with van der Waals surface area (Å²) in [7, 11) is 1.52. The number of rotatable bonds is 6. The number of para-hydroxylation sites is 1. The Bertz CT molecular complexity index is 789. The van der Waals surface area contributed by atoms with Crippen LogP contribution in [0.5, 0.6) is 11.5 Å². The van der Waals surface area contributed by atoms with Gasteiger partial charge in [0.1, 0.15) is 18.1 Å².